The Balaban J connectivity index is 1.97. The topological polar surface area (TPSA) is 87.7 Å². The fourth-order valence-electron chi connectivity index (χ4n) is 2.73. The summed E-state index contributed by atoms with van der Waals surface area (Å²) in [5, 5.41) is 14.0. The van der Waals surface area contributed by atoms with E-state index in [9.17, 15) is 9.59 Å². The standard InChI is InChI=1S/C16H21BrN2O4/c17-13-3-1-12(2-4-13)16(6-9-23-10-7-16)11-19-15(22)18-8-5-14(20)21/h1-4H,5-11H2,(H,20,21)(H2,18,19,22). The van der Waals surface area contributed by atoms with E-state index >= 15 is 0 Å². The highest BCUT2D eigenvalue weighted by Gasteiger charge is 2.34. The minimum Gasteiger partial charge on any atom is -0.481 e. The summed E-state index contributed by atoms with van der Waals surface area (Å²) in [7, 11) is 0. The third kappa shape index (κ3) is 5.21. The van der Waals surface area contributed by atoms with Crippen LogP contribution in [0.5, 0.6) is 0 Å². The van der Waals surface area contributed by atoms with Crippen molar-refractivity contribution < 1.29 is 19.4 Å². The first-order valence-corrected chi connectivity index (χ1v) is 8.38. The molecule has 1 aliphatic heterocycles. The lowest BCUT2D eigenvalue weighted by Gasteiger charge is -2.38. The summed E-state index contributed by atoms with van der Waals surface area (Å²) in [5.41, 5.74) is 1.03. The maximum Gasteiger partial charge on any atom is 0.314 e. The van der Waals surface area contributed by atoms with Crippen LogP contribution in [0, 0.1) is 0 Å². The van der Waals surface area contributed by atoms with Gasteiger partial charge in [0.25, 0.3) is 0 Å². The Labute approximate surface area is 143 Å². The molecule has 1 saturated heterocycles. The summed E-state index contributed by atoms with van der Waals surface area (Å²) in [6.07, 6.45) is 1.59. The van der Waals surface area contributed by atoms with E-state index in [0.29, 0.717) is 19.8 Å². The van der Waals surface area contributed by atoms with Gasteiger partial charge in [0.2, 0.25) is 0 Å². The van der Waals surface area contributed by atoms with Gasteiger partial charge in [-0.3, -0.25) is 4.79 Å². The van der Waals surface area contributed by atoms with Gasteiger partial charge in [-0.1, -0.05) is 28.1 Å². The minimum absolute atomic E-state index is 0.0842. The molecule has 2 amide bonds. The van der Waals surface area contributed by atoms with Crippen molar-refractivity contribution in [1.29, 1.82) is 0 Å². The first-order chi connectivity index (χ1) is 11.0. The molecule has 1 aliphatic rings. The highest BCUT2D eigenvalue weighted by atomic mass is 79.9. The van der Waals surface area contributed by atoms with Crippen LogP contribution < -0.4 is 10.6 Å². The molecular formula is C16H21BrN2O4. The molecule has 0 aliphatic carbocycles. The van der Waals surface area contributed by atoms with Crippen molar-refractivity contribution in [1.82, 2.24) is 10.6 Å². The third-order valence-corrected chi connectivity index (χ3v) is 4.65. The van der Waals surface area contributed by atoms with Gasteiger partial charge >= 0.3 is 12.0 Å². The van der Waals surface area contributed by atoms with Crippen LogP contribution in [0.2, 0.25) is 0 Å². The molecule has 0 aromatic heterocycles. The number of urea groups is 1. The predicted octanol–water partition coefficient (Wildman–Crippen LogP) is 2.27. The third-order valence-electron chi connectivity index (χ3n) is 4.12. The van der Waals surface area contributed by atoms with Crippen LogP contribution in [-0.2, 0) is 14.9 Å². The molecule has 0 unspecified atom stereocenters. The molecule has 0 radical (unpaired) electrons. The Hall–Kier alpha value is -1.60. The lowest BCUT2D eigenvalue weighted by Crippen LogP contribution is -2.47. The van der Waals surface area contributed by atoms with Gasteiger partial charge in [0.1, 0.15) is 0 Å². The van der Waals surface area contributed by atoms with Gasteiger partial charge in [-0.2, -0.15) is 0 Å². The summed E-state index contributed by atoms with van der Waals surface area (Å²) in [4.78, 5) is 22.3. The molecule has 0 bridgehead atoms. The van der Waals surface area contributed by atoms with Crippen LogP contribution in [-0.4, -0.2) is 43.4 Å². The van der Waals surface area contributed by atoms with Crippen LogP contribution in [0.4, 0.5) is 4.79 Å². The van der Waals surface area contributed by atoms with E-state index in [1.807, 2.05) is 12.1 Å². The molecule has 6 nitrogen and oxygen atoms in total. The molecule has 126 valence electrons. The Morgan fingerprint density at radius 2 is 1.83 bits per heavy atom. The predicted molar refractivity (Wildman–Crippen MR) is 89.5 cm³/mol. The first-order valence-electron chi connectivity index (χ1n) is 7.59. The van der Waals surface area contributed by atoms with E-state index in [1.165, 1.54) is 5.56 Å². The van der Waals surface area contributed by atoms with Gasteiger partial charge in [-0.05, 0) is 30.5 Å². The number of amides is 2. The summed E-state index contributed by atoms with van der Waals surface area (Å²) < 4.78 is 6.48. The molecule has 1 heterocycles. The van der Waals surface area contributed by atoms with Crippen molar-refractivity contribution in [2.45, 2.75) is 24.7 Å². The van der Waals surface area contributed by atoms with Crippen molar-refractivity contribution in [2.24, 2.45) is 0 Å². The molecule has 0 atom stereocenters. The Kier molecular flexibility index (Phi) is 6.41. The molecule has 23 heavy (non-hydrogen) atoms. The minimum atomic E-state index is -0.930. The van der Waals surface area contributed by atoms with Crippen molar-refractivity contribution in [2.75, 3.05) is 26.3 Å². The Bertz CT molecular complexity index is 542. The monoisotopic (exact) mass is 384 g/mol. The maximum atomic E-state index is 11.8. The van der Waals surface area contributed by atoms with E-state index in [0.717, 1.165) is 17.3 Å². The molecule has 0 saturated carbocycles. The van der Waals surface area contributed by atoms with Crippen LogP contribution in [0.25, 0.3) is 0 Å². The van der Waals surface area contributed by atoms with E-state index in [1.54, 1.807) is 0 Å². The zero-order valence-electron chi connectivity index (χ0n) is 12.8. The number of carboxylic acid groups (broad SMARTS) is 1. The number of nitrogens with one attached hydrogen (secondary N) is 2. The Morgan fingerprint density at radius 3 is 2.43 bits per heavy atom. The Morgan fingerprint density at radius 1 is 1.17 bits per heavy atom. The second-order valence-corrected chi connectivity index (χ2v) is 6.57. The second-order valence-electron chi connectivity index (χ2n) is 5.65. The molecule has 0 spiro atoms. The lowest BCUT2D eigenvalue weighted by molar-refractivity contribution is -0.136. The van der Waals surface area contributed by atoms with Crippen LogP contribution >= 0.6 is 15.9 Å². The normalized spacial score (nSPS) is 16.6. The van der Waals surface area contributed by atoms with Gasteiger partial charge in [-0.25, -0.2) is 4.79 Å². The van der Waals surface area contributed by atoms with Crippen LogP contribution in [0.15, 0.2) is 28.7 Å². The van der Waals surface area contributed by atoms with E-state index < -0.39 is 5.97 Å². The molecule has 1 fully saturated rings. The molecule has 1 aromatic rings. The molecule has 7 heteroatoms. The first kappa shape index (κ1) is 17.7. The second kappa shape index (κ2) is 8.31. The van der Waals surface area contributed by atoms with Gasteiger partial charge in [0, 0.05) is 36.2 Å². The van der Waals surface area contributed by atoms with E-state index in [-0.39, 0.29) is 24.4 Å². The molecular weight excluding hydrogens is 364 g/mol. The zero-order valence-corrected chi connectivity index (χ0v) is 14.4. The number of carboxylic acids is 1. The van der Waals surface area contributed by atoms with Gasteiger partial charge in [0.15, 0.2) is 0 Å². The summed E-state index contributed by atoms with van der Waals surface area (Å²) in [6.45, 7) is 1.95. The number of hydrogen-bond acceptors (Lipinski definition) is 3. The largest absolute Gasteiger partial charge is 0.481 e. The summed E-state index contributed by atoms with van der Waals surface area (Å²) >= 11 is 3.44. The van der Waals surface area contributed by atoms with E-state index in [4.69, 9.17) is 9.84 Å². The lowest BCUT2D eigenvalue weighted by atomic mass is 9.74. The number of carbonyl (C=O) groups excluding carboxylic acids is 1. The smallest absolute Gasteiger partial charge is 0.314 e. The molecule has 3 N–H and O–H groups in total. The maximum absolute atomic E-state index is 11.8. The average molecular weight is 385 g/mol. The summed E-state index contributed by atoms with van der Waals surface area (Å²) in [5.74, 6) is -0.930. The average Bonchev–Trinajstić information content (AvgIpc) is 2.54. The number of aliphatic carboxylic acids is 1. The number of carbonyl (C=O) groups is 2. The van der Waals surface area contributed by atoms with Gasteiger partial charge in [-0.15, -0.1) is 0 Å². The number of rotatable bonds is 6. The van der Waals surface area contributed by atoms with Crippen LogP contribution in [0.3, 0.4) is 0 Å². The van der Waals surface area contributed by atoms with Crippen molar-refractivity contribution in [3.05, 3.63) is 34.3 Å². The van der Waals surface area contributed by atoms with Crippen LogP contribution in [0.1, 0.15) is 24.8 Å². The summed E-state index contributed by atoms with van der Waals surface area (Å²) in [6, 6.07) is 7.80. The van der Waals surface area contributed by atoms with Crippen molar-refractivity contribution >= 4 is 27.9 Å². The zero-order chi connectivity index (χ0) is 16.7. The number of hydrogen-bond donors (Lipinski definition) is 3. The van der Waals surface area contributed by atoms with Gasteiger partial charge in [0.05, 0.1) is 6.42 Å². The van der Waals surface area contributed by atoms with E-state index in [2.05, 4.69) is 38.7 Å². The van der Waals surface area contributed by atoms with Crippen molar-refractivity contribution in [3.63, 3.8) is 0 Å². The number of ether oxygens (including phenoxy) is 1. The fourth-order valence-corrected chi connectivity index (χ4v) is 2.99. The quantitative estimate of drug-likeness (QED) is 0.701. The van der Waals surface area contributed by atoms with Crippen molar-refractivity contribution in [3.8, 4) is 0 Å². The number of benzene rings is 1. The van der Waals surface area contributed by atoms with Gasteiger partial charge < -0.3 is 20.5 Å². The fraction of sp³-hybridized carbons (Fsp3) is 0.500. The highest BCUT2D eigenvalue weighted by Crippen LogP contribution is 2.34. The molecule has 1 aromatic carbocycles. The number of halogens is 1. The highest BCUT2D eigenvalue weighted by molar-refractivity contribution is 9.10. The SMILES string of the molecule is O=C(O)CCNC(=O)NCC1(c2ccc(Br)cc2)CCOCC1. The molecule has 2 rings (SSSR count).